The van der Waals surface area contributed by atoms with Crippen molar-refractivity contribution in [2.45, 2.75) is 31.5 Å². The maximum absolute atomic E-state index is 12.4. The zero-order valence-corrected chi connectivity index (χ0v) is 11.9. The third-order valence-corrected chi connectivity index (χ3v) is 2.97. The Kier molecular flexibility index (Phi) is 6.11. The number of carboxylic acids is 1. The van der Waals surface area contributed by atoms with E-state index in [0.717, 1.165) is 24.3 Å². The maximum Gasteiger partial charge on any atom is 0.416 e. The summed E-state index contributed by atoms with van der Waals surface area (Å²) >= 11 is 0. The molecule has 4 N–H and O–H groups in total. The molecule has 0 saturated carbocycles. The van der Waals surface area contributed by atoms with E-state index in [1.54, 1.807) is 0 Å². The Labute approximate surface area is 129 Å². The van der Waals surface area contributed by atoms with Crippen LogP contribution in [0.1, 0.15) is 24.0 Å². The summed E-state index contributed by atoms with van der Waals surface area (Å²) in [5, 5.41) is 10.8. The number of alkyl halides is 3. The van der Waals surface area contributed by atoms with Gasteiger partial charge in [0.15, 0.2) is 0 Å². The standard InChI is InChI=1S/C14H15F3N2O4/c15-14(16,17)9-3-1-8(2-4-9)7-11(20)19-10(13(18)23)5-6-12(21)22/h1-4,10H,5-7H2,(H2,18,23)(H,19,20)(H,21,22)/t10-/m0/s1. The first kappa shape index (κ1) is 18.5. The molecule has 1 rings (SSSR count). The molecule has 0 bridgehead atoms. The van der Waals surface area contributed by atoms with Crippen molar-refractivity contribution in [1.82, 2.24) is 5.32 Å². The summed E-state index contributed by atoms with van der Waals surface area (Å²) in [5.41, 5.74) is 4.54. The topological polar surface area (TPSA) is 109 Å². The molecular formula is C14H15F3N2O4. The van der Waals surface area contributed by atoms with Crippen molar-refractivity contribution in [3.63, 3.8) is 0 Å². The van der Waals surface area contributed by atoms with E-state index in [9.17, 15) is 27.6 Å². The average Bonchev–Trinajstić information content (AvgIpc) is 2.42. The molecule has 0 unspecified atom stereocenters. The number of primary amides is 1. The van der Waals surface area contributed by atoms with Gasteiger partial charge in [0.05, 0.1) is 12.0 Å². The van der Waals surface area contributed by atoms with Gasteiger partial charge in [-0.1, -0.05) is 12.1 Å². The van der Waals surface area contributed by atoms with Gasteiger partial charge in [-0.25, -0.2) is 0 Å². The van der Waals surface area contributed by atoms with Gasteiger partial charge in [0, 0.05) is 6.42 Å². The van der Waals surface area contributed by atoms with Crippen molar-refractivity contribution in [1.29, 1.82) is 0 Å². The molecule has 0 spiro atoms. The molecule has 0 aliphatic carbocycles. The smallest absolute Gasteiger partial charge is 0.416 e. The zero-order valence-electron chi connectivity index (χ0n) is 11.9. The predicted octanol–water partition coefficient (Wildman–Crippen LogP) is 1.08. The van der Waals surface area contributed by atoms with E-state index in [-0.39, 0.29) is 19.3 Å². The minimum absolute atomic E-state index is 0.163. The second-order valence-electron chi connectivity index (χ2n) is 4.83. The Morgan fingerprint density at radius 1 is 1.17 bits per heavy atom. The molecule has 0 aromatic heterocycles. The second kappa shape index (κ2) is 7.61. The minimum atomic E-state index is -4.46. The lowest BCUT2D eigenvalue weighted by Crippen LogP contribution is -2.45. The van der Waals surface area contributed by atoms with Crippen molar-refractivity contribution in [3.05, 3.63) is 35.4 Å². The number of hydrogen-bond acceptors (Lipinski definition) is 3. The Morgan fingerprint density at radius 3 is 2.17 bits per heavy atom. The SMILES string of the molecule is NC(=O)[C@H](CCC(=O)O)NC(=O)Cc1ccc(C(F)(F)F)cc1. The molecule has 0 saturated heterocycles. The molecule has 1 aromatic rings. The molecule has 0 aliphatic rings. The number of hydrogen-bond donors (Lipinski definition) is 3. The van der Waals surface area contributed by atoms with Crippen LogP contribution in [0.15, 0.2) is 24.3 Å². The molecule has 9 heteroatoms. The number of amides is 2. The van der Waals surface area contributed by atoms with Crippen LogP contribution in [-0.4, -0.2) is 28.9 Å². The summed E-state index contributed by atoms with van der Waals surface area (Å²) in [6.45, 7) is 0. The van der Waals surface area contributed by atoms with Crippen molar-refractivity contribution in [2.24, 2.45) is 5.73 Å². The molecule has 2 amide bonds. The van der Waals surface area contributed by atoms with E-state index >= 15 is 0 Å². The largest absolute Gasteiger partial charge is 0.481 e. The molecule has 0 fully saturated rings. The van der Waals surface area contributed by atoms with E-state index in [1.165, 1.54) is 0 Å². The first-order chi connectivity index (χ1) is 10.6. The van der Waals surface area contributed by atoms with Crippen LogP contribution >= 0.6 is 0 Å². The first-order valence-corrected chi connectivity index (χ1v) is 6.56. The number of nitrogens with two attached hydrogens (primary N) is 1. The van der Waals surface area contributed by atoms with Gasteiger partial charge in [0.2, 0.25) is 11.8 Å². The molecule has 0 radical (unpaired) electrons. The van der Waals surface area contributed by atoms with Crippen LogP contribution in [0.3, 0.4) is 0 Å². The van der Waals surface area contributed by atoms with Gasteiger partial charge < -0.3 is 16.2 Å². The summed E-state index contributed by atoms with van der Waals surface area (Å²) in [7, 11) is 0. The van der Waals surface area contributed by atoms with Gasteiger partial charge in [-0.05, 0) is 24.1 Å². The fourth-order valence-electron chi connectivity index (χ4n) is 1.80. The highest BCUT2D eigenvalue weighted by atomic mass is 19.4. The predicted molar refractivity (Wildman–Crippen MR) is 73.1 cm³/mol. The third-order valence-electron chi connectivity index (χ3n) is 2.97. The molecule has 23 heavy (non-hydrogen) atoms. The minimum Gasteiger partial charge on any atom is -0.481 e. The van der Waals surface area contributed by atoms with Crippen LogP contribution in [0.25, 0.3) is 0 Å². The lowest BCUT2D eigenvalue weighted by Gasteiger charge is -2.14. The number of carbonyl (C=O) groups is 3. The van der Waals surface area contributed by atoms with Gasteiger partial charge in [-0.2, -0.15) is 13.2 Å². The molecule has 126 valence electrons. The van der Waals surface area contributed by atoms with Gasteiger partial charge in [0.25, 0.3) is 0 Å². The van der Waals surface area contributed by atoms with Gasteiger partial charge in [-0.3, -0.25) is 14.4 Å². The average molecular weight is 332 g/mol. The maximum atomic E-state index is 12.4. The number of halogens is 3. The van der Waals surface area contributed by atoms with Crippen molar-refractivity contribution in [2.75, 3.05) is 0 Å². The molecule has 1 atom stereocenters. The van der Waals surface area contributed by atoms with Gasteiger partial charge in [-0.15, -0.1) is 0 Å². The summed E-state index contributed by atoms with van der Waals surface area (Å²) in [6.07, 6.45) is -5.23. The third kappa shape index (κ3) is 6.37. The van der Waals surface area contributed by atoms with E-state index in [1.807, 2.05) is 0 Å². The molecule has 6 nitrogen and oxygen atoms in total. The van der Waals surface area contributed by atoms with Crippen LogP contribution in [0, 0.1) is 0 Å². The Hall–Kier alpha value is -2.58. The van der Waals surface area contributed by atoms with Crippen LogP contribution in [0.5, 0.6) is 0 Å². The lowest BCUT2D eigenvalue weighted by atomic mass is 10.1. The summed E-state index contributed by atoms with van der Waals surface area (Å²) < 4.78 is 37.2. The highest BCUT2D eigenvalue weighted by Crippen LogP contribution is 2.29. The Bertz CT molecular complexity index is 585. The van der Waals surface area contributed by atoms with Crippen LogP contribution in [0.2, 0.25) is 0 Å². The molecule has 1 aromatic carbocycles. The van der Waals surface area contributed by atoms with Gasteiger partial charge in [0.1, 0.15) is 6.04 Å². The number of nitrogens with one attached hydrogen (secondary N) is 1. The van der Waals surface area contributed by atoms with E-state index in [4.69, 9.17) is 10.8 Å². The Balaban J connectivity index is 2.64. The number of rotatable bonds is 7. The van der Waals surface area contributed by atoms with E-state index in [0.29, 0.717) is 5.56 Å². The number of carbonyl (C=O) groups excluding carboxylic acids is 2. The first-order valence-electron chi connectivity index (χ1n) is 6.56. The summed E-state index contributed by atoms with van der Waals surface area (Å²) in [6, 6.07) is 2.85. The Morgan fingerprint density at radius 2 is 1.74 bits per heavy atom. The van der Waals surface area contributed by atoms with Crippen LogP contribution in [-0.2, 0) is 27.0 Å². The highest BCUT2D eigenvalue weighted by molar-refractivity contribution is 5.87. The zero-order chi connectivity index (χ0) is 17.6. The summed E-state index contributed by atoms with van der Waals surface area (Å²) in [5.74, 6) is -2.67. The summed E-state index contributed by atoms with van der Waals surface area (Å²) in [4.78, 5) is 33.4. The fraction of sp³-hybridized carbons (Fsp3) is 0.357. The quantitative estimate of drug-likeness (QED) is 0.694. The normalized spacial score (nSPS) is 12.5. The molecule has 0 aliphatic heterocycles. The number of carboxylic acid groups (broad SMARTS) is 1. The highest BCUT2D eigenvalue weighted by Gasteiger charge is 2.30. The van der Waals surface area contributed by atoms with Gasteiger partial charge >= 0.3 is 12.1 Å². The van der Waals surface area contributed by atoms with Crippen molar-refractivity contribution in [3.8, 4) is 0 Å². The molecular weight excluding hydrogens is 317 g/mol. The second-order valence-corrected chi connectivity index (χ2v) is 4.83. The van der Waals surface area contributed by atoms with Crippen molar-refractivity contribution < 1.29 is 32.7 Å². The number of aliphatic carboxylic acids is 1. The van der Waals surface area contributed by atoms with E-state index in [2.05, 4.69) is 5.32 Å². The number of benzene rings is 1. The van der Waals surface area contributed by atoms with Crippen LogP contribution < -0.4 is 11.1 Å². The van der Waals surface area contributed by atoms with E-state index < -0.39 is 35.6 Å². The fourth-order valence-corrected chi connectivity index (χ4v) is 1.80. The monoisotopic (exact) mass is 332 g/mol. The lowest BCUT2D eigenvalue weighted by molar-refractivity contribution is -0.138. The molecule has 0 heterocycles. The van der Waals surface area contributed by atoms with Crippen LogP contribution in [0.4, 0.5) is 13.2 Å². The van der Waals surface area contributed by atoms with Crippen molar-refractivity contribution >= 4 is 17.8 Å².